The number of sulfonamides is 2. The lowest BCUT2D eigenvalue weighted by atomic mass is 10.1. The first-order chi connectivity index (χ1) is 16.2. The molecule has 8 heteroatoms. The van der Waals surface area contributed by atoms with E-state index >= 15 is 0 Å². The van der Waals surface area contributed by atoms with E-state index in [1.165, 1.54) is 8.61 Å². The van der Waals surface area contributed by atoms with Gasteiger partial charge in [-0.05, 0) is 43.7 Å². The third-order valence-electron chi connectivity index (χ3n) is 5.93. The average molecular weight is 497 g/mol. The van der Waals surface area contributed by atoms with Gasteiger partial charge in [0, 0.05) is 19.6 Å². The fourth-order valence-corrected chi connectivity index (χ4v) is 6.95. The molecule has 0 saturated carbocycles. The van der Waals surface area contributed by atoms with E-state index in [4.69, 9.17) is 0 Å². The van der Waals surface area contributed by atoms with Crippen molar-refractivity contribution >= 4 is 26.1 Å². The molecule has 1 atom stereocenters. The van der Waals surface area contributed by atoms with E-state index in [0.717, 1.165) is 16.7 Å². The van der Waals surface area contributed by atoms with Crippen molar-refractivity contribution < 1.29 is 16.8 Å². The topological polar surface area (TPSA) is 74.8 Å². The van der Waals surface area contributed by atoms with Crippen LogP contribution in [0.1, 0.15) is 16.7 Å². The first-order valence-electron chi connectivity index (χ1n) is 11.1. The number of aryl methyl sites for hydroxylation is 2. The fraction of sp³-hybridized carbons (Fsp3) is 0.231. The minimum atomic E-state index is -3.81. The summed E-state index contributed by atoms with van der Waals surface area (Å²) in [7, 11) is -7.57. The molecule has 0 bridgehead atoms. The molecule has 34 heavy (non-hydrogen) atoms. The Morgan fingerprint density at radius 1 is 0.706 bits per heavy atom. The first-order valence-corrected chi connectivity index (χ1v) is 13.9. The average Bonchev–Trinajstić information content (AvgIpc) is 2.84. The maximum atomic E-state index is 13.5. The highest BCUT2D eigenvalue weighted by Crippen LogP contribution is 2.26. The van der Waals surface area contributed by atoms with Gasteiger partial charge in [-0.25, -0.2) is 16.8 Å². The first kappa shape index (κ1) is 24.3. The van der Waals surface area contributed by atoms with Crippen LogP contribution in [0.5, 0.6) is 0 Å². The molecule has 0 spiro atoms. The highest BCUT2D eigenvalue weighted by Gasteiger charge is 2.39. The summed E-state index contributed by atoms with van der Waals surface area (Å²) in [4.78, 5) is 0.407. The summed E-state index contributed by atoms with van der Waals surface area (Å²) in [5.74, 6) is 0. The maximum Gasteiger partial charge on any atom is 0.243 e. The highest BCUT2D eigenvalue weighted by molar-refractivity contribution is 7.89. The summed E-state index contributed by atoms with van der Waals surface area (Å²) < 4.78 is 56.4. The van der Waals surface area contributed by atoms with Crippen LogP contribution in [0.2, 0.25) is 0 Å². The van der Waals surface area contributed by atoms with Crippen LogP contribution in [0.3, 0.4) is 0 Å². The lowest BCUT2D eigenvalue weighted by molar-refractivity contribution is 0.231. The number of benzene rings is 3. The van der Waals surface area contributed by atoms with Gasteiger partial charge >= 0.3 is 0 Å². The molecule has 3 aromatic rings. The van der Waals surface area contributed by atoms with Crippen LogP contribution in [-0.2, 0) is 20.0 Å². The third kappa shape index (κ3) is 5.15. The molecule has 0 N–H and O–H groups in total. The van der Waals surface area contributed by atoms with Gasteiger partial charge in [-0.1, -0.05) is 77.9 Å². The Hall–Kier alpha value is -2.78. The summed E-state index contributed by atoms with van der Waals surface area (Å²) >= 11 is 0. The van der Waals surface area contributed by atoms with Gasteiger partial charge in [-0.3, -0.25) is 0 Å². The number of rotatable bonds is 6. The molecule has 0 radical (unpaired) electrons. The normalized spacial score (nSPS) is 18.4. The molecule has 0 aromatic heterocycles. The van der Waals surface area contributed by atoms with Crippen molar-refractivity contribution in [2.45, 2.75) is 29.7 Å². The molecule has 3 aromatic carbocycles. The van der Waals surface area contributed by atoms with E-state index in [9.17, 15) is 16.8 Å². The number of piperazine rings is 1. The Bertz CT molecular complexity index is 1370. The van der Waals surface area contributed by atoms with Crippen LogP contribution < -0.4 is 0 Å². The number of hydrogen-bond donors (Lipinski definition) is 0. The second-order valence-corrected chi connectivity index (χ2v) is 12.3. The van der Waals surface area contributed by atoms with E-state index in [1.807, 2.05) is 50.3 Å². The summed E-state index contributed by atoms with van der Waals surface area (Å²) in [6.45, 7) is 3.97. The van der Waals surface area contributed by atoms with Gasteiger partial charge in [0.1, 0.15) is 0 Å². The van der Waals surface area contributed by atoms with Gasteiger partial charge in [0.05, 0.1) is 15.8 Å². The van der Waals surface area contributed by atoms with Crippen LogP contribution in [-0.4, -0.2) is 51.1 Å². The molecular formula is C26H28N2O4S2. The minimum absolute atomic E-state index is 0.0324. The van der Waals surface area contributed by atoms with Crippen LogP contribution >= 0.6 is 0 Å². The molecule has 1 fully saturated rings. The van der Waals surface area contributed by atoms with E-state index < -0.39 is 26.1 Å². The van der Waals surface area contributed by atoms with Crippen LogP contribution in [0, 0.1) is 13.8 Å². The van der Waals surface area contributed by atoms with Crippen molar-refractivity contribution in [3.8, 4) is 0 Å². The molecule has 4 rings (SSSR count). The molecule has 1 saturated heterocycles. The van der Waals surface area contributed by atoms with Crippen molar-refractivity contribution in [1.29, 1.82) is 0 Å². The lowest BCUT2D eigenvalue weighted by Crippen LogP contribution is -2.55. The van der Waals surface area contributed by atoms with Crippen LogP contribution in [0.25, 0.3) is 6.08 Å². The van der Waals surface area contributed by atoms with Gasteiger partial charge in [0.15, 0.2) is 0 Å². The predicted octanol–water partition coefficient (Wildman–Crippen LogP) is 4.08. The third-order valence-corrected chi connectivity index (χ3v) is 9.75. The standard InChI is InChI=1S/C26H28N2O4S2/c1-21-8-14-25(15-9-21)33(29,30)27-18-19-28(34(31,32)26-16-10-22(2)11-17-26)24(20-27)13-12-23-6-4-3-5-7-23/h3-17,24H,18-20H2,1-2H3/b13-12+. The molecule has 0 amide bonds. The fourth-order valence-electron chi connectivity index (χ4n) is 3.93. The van der Waals surface area contributed by atoms with Gasteiger partial charge < -0.3 is 0 Å². The van der Waals surface area contributed by atoms with Gasteiger partial charge in [0.25, 0.3) is 0 Å². The quantitative estimate of drug-likeness (QED) is 0.515. The summed E-state index contributed by atoms with van der Waals surface area (Å²) in [5.41, 5.74) is 2.85. The largest absolute Gasteiger partial charge is 0.243 e. The van der Waals surface area contributed by atoms with Crippen molar-refractivity contribution in [2.24, 2.45) is 0 Å². The van der Waals surface area contributed by atoms with Gasteiger partial charge in [-0.15, -0.1) is 0 Å². The van der Waals surface area contributed by atoms with Crippen LogP contribution in [0.4, 0.5) is 0 Å². The molecule has 1 aliphatic rings. The maximum absolute atomic E-state index is 13.5. The minimum Gasteiger partial charge on any atom is -0.207 e. The SMILES string of the molecule is Cc1ccc(S(=O)(=O)N2CCN(S(=O)(=O)c3ccc(C)cc3)C(/C=C/c3ccccc3)C2)cc1. The van der Waals surface area contributed by atoms with Gasteiger partial charge in [0.2, 0.25) is 20.0 Å². The molecule has 6 nitrogen and oxygen atoms in total. The zero-order chi connectivity index (χ0) is 24.3. The molecule has 1 heterocycles. The zero-order valence-corrected chi connectivity index (χ0v) is 20.8. The Morgan fingerprint density at radius 3 is 1.79 bits per heavy atom. The smallest absolute Gasteiger partial charge is 0.207 e. The van der Waals surface area contributed by atoms with E-state index in [0.29, 0.717) is 0 Å². The van der Waals surface area contributed by atoms with Crippen molar-refractivity contribution in [3.05, 3.63) is 102 Å². The number of hydrogen-bond acceptors (Lipinski definition) is 4. The molecule has 1 unspecified atom stereocenters. The monoisotopic (exact) mass is 496 g/mol. The summed E-state index contributed by atoms with van der Waals surface area (Å²) in [6, 6.07) is 22.3. The van der Waals surface area contributed by atoms with Crippen LogP contribution in [0.15, 0.2) is 94.7 Å². The van der Waals surface area contributed by atoms with E-state index in [2.05, 4.69) is 0 Å². The molecule has 0 aliphatic carbocycles. The summed E-state index contributed by atoms with van der Waals surface area (Å²) in [6.07, 6.45) is 3.61. The summed E-state index contributed by atoms with van der Waals surface area (Å²) in [5, 5.41) is 0. The van der Waals surface area contributed by atoms with E-state index in [-0.39, 0.29) is 29.4 Å². The Kier molecular flexibility index (Phi) is 7.04. The second kappa shape index (κ2) is 9.84. The van der Waals surface area contributed by atoms with Gasteiger partial charge in [-0.2, -0.15) is 8.61 Å². The lowest BCUT2D eigenvalue weighted by Gasteiger charge is -2.38. The Morgan fingerprint density at radius 2 is 1.24 bits per heavy atom. The Labute approximate surface area is 202 Å². The highest BCUT2D eigenvalue weighted by atomic mass is 32.2. The van der Waals surface area contributed by atoms with Crippen molar-refractivity contribution in [3.63, 3.8) is 0 Å². The number of nitrogens with zero attached hydrogens (tertiary/aromatic N) is 2. The predicted molar refractivity (Wildman–Crippen MR) is 134 cm³/mol. The van der Waals surface area contributed by atoms with E-state index in [1.54, 1.807) is 54.6 Å². The molecular weight excluding hydrogens is 468 g/mol. The Balaban J connectivity index is 1.68. The molecule has 178 valence electrons. The van der Waals surface area contributed by atoms with Crippen molar-refractivity contribution in [1.82, 2.24) is 8.61 Å². The molecule has 1 aliphatic heterocycles. The second-order valence-electron chi connectivity index (χ2n) is 8.44. The zero-order valence-electron chi connectivity index (χ0n) is 19.2. The van der Waals surface area contributed by atoms with Crippen molar-refractivity contribution in [2.75, 3.05) is 19.6 Å².